The Balaban J connectivity index is 2.19. The van der Waals surface area contributed by atoms with Gasteiger partial charge in [0.15, 0.2) is 0 Å². The molecule has 1 saturated heterocycles. The Morgan fingerprint density at radius 2 is 2.33 bits per heavy atom. The molecule has 0 saturated carbocycles. The van der Waals surface area contributed by atoms with Gasteiger partial charge in [0.05, 0.1) is 48.8 Å². The van der Waals surface area contributed by atoms with E-state index in [1.807, 2.05) is 6.20 Å². The van der Waals surface area contributed by atoms with Crippen LogP contribution in [0.25, 0.3) is 0 Å². The molecule has 0 bridgehead atoms. The Hall–Kier alpha value is -0.470. The van der Waals surface area contributed by atoms with Crippen LogP contribution in [0.1, 0.15) is 18.7 Å². The average molecular weight is 361 g/mol. The van der Waals surface area contributed by atoms with Gasteiger partial charge >= 0.3 is 0 Å². The molecule has 2 rings (SSSR count). The van der Waals surface area contributed by atoms with Crippen LogP contribution < -0.4 is 5.32 Å². The molecule has 120 valence electrons. The first-order valence-corrected chi connectivity index (χ1v) is 8.21. The predicted molar refractivity (Wildman–Crippen MR) is 85.5 cm³/mol. The summed E-state index contributed by atoms with van der Waals surface area (Å²) in [4.78, 5) is 2.15. The Bertz CT molecular complexity index is 433. The third-order valence-corrected chi connectivity index (χ3v) is 4.14. The van der Waals surface area contributed by atoms with Gasteiger partial charge in [-0.1, -0.05) is 6.92 Å². The monoisotopic (exact) mass is 360 g/mol. The molecule has 0 aromatic carbocycles. The highest BCUT2D eigenvalue weighted by molar-refractivity contribution is 9.10. The summed E-state index contributed by atoms with van der Waals surface area (Å²) in [5, 5.41) is 8.01. The minimum absolute atomic E-state index is 0.0183. The van der Waals surface area contributed by atoms with Crippen molar-refractivity contribution in [3.63, 3.8) is 0 Å². The predicted octanol–water partition coefficient (Wildman–Crippen LogP) is 1.27. The van der Waals surface area contributed by atoms with Gasteiger partial charge in [0.2, 0.25) is 0 Å². The van der Waals surface area contributed by atoms with Crippen LogP contribution in [-0.4, -0.2) is 67.8 Å². The van der Waals surface area contributed by atoms with E-state index in [1.165, 1.54) is 0 Å². The van der Waals surface area contributed by atoms with Crippen molar-refractivity contribution in [2.75, 3.05) is 47.0 Å². The minimum atomic E-state index is 0.0183. The van der Waals surface area contributed by atoms with Gasteiger partial charge in [-0.2, -0.15) is 5.10 Å². The number of nitrogens with zero attached hydrogens (tertiary/aromatic N) is 3. The normalized spacial score (nSPS) is 20.9. The van der Waals surface area contributed by atoms with Gasteiger partial charge in [-0.15, -0.1) is 0 Å². The highest BCUT2D eigenvalue weighted by atomic mass is 79.9. The molecule has 0 radical (unpaired) electrons. The van der Waals surface area contributed by atoms with Crippen molar-refractivity contribution in [3.05, 3.63) is 16.4 Å². The second-order valence-electron chi connectivity index (χ2n) is 5.42. The fourth-order valence-corrected chi connectivity index (χ4v) is 3.02. The first-order chi connectivity index (χ1) is 10.1. The van der Waals surface area contributed by atoms with E-state index in [2.05, 4.69) is 56.9 Å². The number of halogens is 1. The molecule has 1 N–H and O–H groups in total. The lowest BCUT2D eigenvalue weighted by atomic mass is 10.1. The van der Waals surface area contributed by atoms with Crippen LogP contribution in [0.4, 0.5) is 0 Å². The van der Waals surface area contributed by atoms with E-state index in [9.17, 15) is 0 Å². The molecule has 0 aliphatic carbocycles. The molecule has 2 heterocycles. The van der Waals surface area contributed by atoms with Crippen LogP contribution in [0.15, 0.2) is 10.7 Å². The largest absolute Gasteiger partial charge is 0.376 e. The minimum Gasteiger partial charge on any atom is -0.376 e. The number of hydrogen-bond acceptors (Lipinski definition) is 5. The summed E-state index contributed by atoms with van der Waals surface area (Å²) in [6, 6.07) is 0.0781. The maximum Gasteiger partial charge on any atom is 0.102 e. The summed E-state index contributed by atoms with van der Waals surface area (Å²) in [5.74, 6) is 0. The zero-order chi connectivity index (χ0) is 15.2. The number of nitrogens with one attached hydrogen (secondary N) is 1. The molecule has 1 aliphatic rings. The van der Waals surface area contributed by atoms with Crippen molar-refractivity contribution >= 4 is 15.9 Å². The van der Waals surface area contributed by atoms with Crippen molar-refractivity contribution in [2.45, 2.75) is 25.6 Å². The maximum atomic E-state index is 5.89. The maximum absolute atomic E-state index is 5.89. The van der Waals surface area contributed by atoms with Crippen molar-refractivity contribution in [3.8, 4) is 0 Å². The van der Waals surface area contributed by atoms with E-state index < -0.39 is 0 Å². The molecule has 1 fully saturated rings. The Morgan fingerprint density at radius 1 is 1.52 bits per heavy atom. The molecule has 1 aliphatic heterocycles. The van der Waals surface area contributed by atoms with Gasteiger partial charge < -0.3 is 19.7 Å². The Labute approximate surface area is 134 Å². The molecule has 6 nitrogen and oxygen atoms in total. The third-order valence-electron chi connectivity index (χ3n) is 3.52. The topological polar surface area (TPSA) is 51.6 Å². The van der Waals surface area contributed by atoms with E-state index in [1.54, 1.807) is 0 Å². The fourth-order valence-electron chi connectivity index (χ4n) is 2.48. The second kappa shape index (κ2) is 8.24. The molecular weight excluding hydrogens is 336 g/mol. The summed E-state index contributed by atoms with van der Waals surface area (Å²) in [6.07, 6.45) is 1.88. The zero-order valence-electron chi connectivity index (χ0n) is 13.0. The highest BCUT2D eigenvalue weighted by Crippen LogP contribution is 2.28. The van der Waals surface area contributed by atoms with Crippen LogP contribution in [-0.2, 0) is 16.0 Å². The van der Waals surface area contributed by atoms with Crippen LogP contribution in [0, 0.1) is 0 Å². The van der Waals surface area contributed by atoms with Gasteiger partial charge in [-0.25, -0.2) is 0 Å². The second-order valence-corrected chi connectivity index (χ2v) is 6.28. The third kappa shape index (κ3) is 4.50. The van der Waals surface area contributed by atoms with Crippen LogP contribution in [0.3, 0.4) is 0 Å². The molecule has 0 spiro atoms. The molecule has 2 unspecified atom stereocenters. The molecule has 1 aromatic heterocycles. The van der Waals surface area contributed by atoms with Gasteiger partial charge in [0, 0.05) is 6.54 Å². The zero-order valence-corrected chi connectivity index (χ0v) is 14.6. The average Bonchev–Trinajstić information content (AvgIpc) is 2.84. The van der Waals surface area contributed by atoms with E-state index in [4.69, 9.17) is 9.47 Å². The summed E-state index contributed by atoms with van der Waals surface area (Å²) in [6.45, 7) is 6.71. The lowest BCUT2D eigenvalue weighted by molar-refractivity contribution is -0.103. The first-order valence-electron chi connectivity index (χ1n) is 7.42. The van der Waals surface area contributed by atoms with Crippen molar-refractivity contribution in [1.82, 2.24) is 20.0 Å². The fraction of sp³-hybridized carbons (Fsp3) is 0.786. The van der Waals surface area contributed by atoms with E-state index in [0.29, 0.717) is 19.8 Å². The van der Waals surface area contributed by atoms with Crippen LogP contribution >= 0.6 is 15.9 Å². The molecule has 7 heteroatoms. The van der Waals surface area contributed by atoms with Crippen molar-refractivity contribution < 1.29 is 9.47 Å². The van der Waals surface area contributed by atoms with Crippen molar-refractivity contribution in [2.24, 2.45) is 0 Å². The molecule has 2 atom stereocenters. The van der Waals surface area contributed by atoms with E-state index in [-0.39, 0.29) is 12.1 Å². The first kappa shape index (κ1) is 16.9. The quantitative estimate of drug-likeness (QED) is 0.793. The molecule has 1 aromatic rings. The number of ether oxygens (including phenoxy) is 2. The number of rotatable bonds is 7. The van der Waals surface area contributed by atoms with E-state index >= 15 is 0 Å². The Morgan fingerprint density at radius 3 is 2.95 bits per heavy atom. The lowest BCUT2D eigenvalue weighted by Gasteiger charge is -2.31. The molecule has 21 heavy (non-hydrogen) atoms. The standard InChI is InChI=1S/C14H25BrN4O2/c1-4-16-13(12-10-20-7-8-21-12)14-11(15)9-17-19(14)6-5-18(2)3/h9,12-13,16H,4-8,10H2,1-3H3. The van der Waals surface area contributed by atoms with E-state index in [0.717, 1.165) is 29.8 Å². The van der Waals surface area contributed by atoms with Gasteiger partial charge in [-0.05, 0) is 36.6 Å². The smallest absolute Gasteiger partial charge is 0.102 e. The summed E-state index contributed by atoms with van der Waals surface area (Å²) in [7, 11) is 4.14. The van der Waals surface area contributed by atoms with Gasteiger partial charge in [0.1, 0.15) is 6.10 Å². The summed E-state index contributed by atoms with van der Waals surface area (Å²) < 4.78 is 14.5. The Kier molecular flexibility index (Phi) is 6.63. The van der Waals surface area contributed by atoms with Crippen LogP contribution in [0.5, 0.6) is 0 Å². The highest BCUT2D eigenvalue weighted by Gasteiger charge is 2.30. The van der Waals surface area contributed by atoms with Gasteiger partial charge in [0.25, 0.3) is 0 Å². The molecule has 0 amide bonds. The van der Waals surface area contributed by atoms with Crippen molar-refractivity contribution in [1.29, 1.82) is 0 Å². The summed E-state index contributed by atoms with van der Waals surface area (Å²) in [5.41, 5.74) is 1.13. The summed E-state index contributed by atoms with van der Waals surface area (Å²) >= 11 is 3.63. The molecular formula is C14H25BrN4O2. The SMILES string of the molecule is CCNC(c1c(Br)cnn1CCN(C)C)C1COCCO1. The number of likely N-dealkylation sites (N-methyl/N-ethyl adjacent to an activating group) is 2. The van der Waals surface area contributed by atoms with Gasteiger partial charge in [-0.3, -0.25) is 4.68 Å². The number of aromatic nitrogens is 2. The lowest BCUT2D eigenvalue weighted by Crippen LogP contribution is -2.42. The number of hydrogen-bond donors (Lipinski definition) is 1. The van der Waals surface area contributed by atoms with Crippen LogP contribution in [0.2, 0.25) is 0 Å².